The van der Waals surface area contributed by atoms with E-state index < -0.39 is 41.7 Å². The number of ether oxygens (including phenoxy) is 2. The lowest BCUT2D eigenvalue weighted by molar-refractivity contribution is -0.385. The number of hydrogen-bond donors (Lipinski definition) is 0. The molecule has 3 amide bonds. The maximum Gasteiger partial charge on any atom is 0.430 e. The van der Waals surface area contributed by atoms with Gasteiger partial charge >= 0.3 is 18.4 Å². The molecule has 0 saturated carbocycles. The van der Waals surface area contributed by atoms with Crippen molar-refractivity contribution in [3.8, 4) is 5.75 Å². The fourth-order valence-corrected chi connectivity index (χ4v) is 4.31. The molecule has 1 fully saturated rings. The van der Waals surface area contributed by atoms with E-state index in [9.17, 15) is 35.9 Å². The van der Waals surface area contributed by atoms with Gasteiger partial charge in [0.2, 0.25) is 0 Å². The van der Waals surface area contributed by atoms with Crippen LogP contribution in [0.3, 0.4) is 0 Å². The molecule has 1 saturated heterocycles. The van der Waals surface area contributed by atoms with Crippen LogP contribution in [-0.4, -0.2) is 59.8 Å². The molecule has 12 heteroatoms. The Morgan fingerprint density at radius 2 is 1.68 bits per heavy atom. The maximum atomic E-state index is 13.5. The first kappa shape index (κ1) is 26.1. The van der Waals surface area contributed by atoms with E-state index in [2.05, 4.69) is 4.74 Å². The molecule has 0 aliphatic carbocycles. The molecule has 34 heavy (non-hydrogen) atoms. The summed E-state index contributed by atoms with van der Waals surface area (Å²) >= 11 is 0. The summed E-state index contributed by atoms with van der Waals surface area (Å²) in [6.45, 7) is 4.33. The summed E-state index contributed by atoms with van der Waals surface area (Å²) in [5.41, 5.74) is -6.21. The highest BCUT2D eigenvalue weighted by Gasteiger charge is 2.75. The van der Waals surface area contributed by atoms with E-state index >= 15 is 0 Å². The topological polar surface area (TPSA) is 59.1 Å². The lowest BCUT2D eigenvalue weighted by Gasteiger charge is -2.33. The van der Waals surface area contributed by atoms with Crippen LogP contribution in [-0.2, 0) is 28.2 Å². The Morgan fingerprint density at radius 3 is 2.18 bits per heavy atom. The standard InChI is InChI=1S/C22H26F6N2O4/c1-5-13-14-12-34-20(21(23,24)25,22(26,27)28)15(14)8-9-16(13)33-11-7-6-10-30-17(31)19(2,3)29(4)18(30)32/h8-9H,5-7,10-12H2,1-4H3. The number of likely N-dealkylation sites (N-methyl/N-ethyl adjacent to an activating group) is 1. The number of carbonyl (C=O) groups excluding carboxylic acids is 2. The second-order valence-electron chi connectivity index (χ2n) is 8.80. The molecule has 0 bridgehead atoms. The summed E-state index contributed by atoms with van der Waals surface area (Å²) in [5, 5.41) is 0. The van der Waals surface area contributed by atoms with E-state index in [4.69, 9.17) is 4.74 Å². The Bertz CT molecular complexity index is 959. The Morgan fingerprint density at radius 1 is 1.06 bits per heavy atom. The number of imide groups is 1. The molecule has 1 aromatic rings. The molecule has 0 unspecified atom stereocenters. The number of benzene rings is 1. The molecular formula is C22H26F6N2O4. The quantitative estimate of drug-likeness (QED) is 0.305. The highest BCUT2D eigenvalue weighted by atomic mass is 19.4. The highest BCUT2D eigenvalue weighted by molar-refractivity contribution is 6.06. The number of halogens is 6. The number of carbonyl (C=O) groups is 2. The van der Waals surface area contributed by atoms with Crippen LogP contribution in [0.1, 0.15) is 50.3 Å². The van der Waals surface area contributed by atoms with Crippen LogP contribution in [0.2, 0.25) is 0 Å². The third-order valence-corrected chi connectivity index (χ3v) is 6.51. The van der Waals surface area contributed by atoms with Crippen molar-refractivity contribution < 1.29 is 45.4 Å². The van der Waals surface area contributed by atoms with Crippen LogP contribution in [0, 0.1) is 0 Å². The lowest BCUT2D eigenvalue weighted by Crippen LogP contribution is -2.53. The number of urea groups is 1. The van der Waals surface area contributed by atoms with Crippen LogP contribution in [0.25, 0.3) is 0 Å². The Labute approximate surface area is 192 Å². The summed E-state index contributed by atoms with van der Waals surface area (Å²) in [6, 6.07) is 1.46. The third-order valence-electron chi connectivity index (χ3n) is 6.51. The second kappa shape index (κ2) is 8.62. The van der Waals surface area contributed by atoms with Gasteiger partial charge in [-0.3, -0.25) is 9.69 Å². The summed E-state index contributed by atoms with van der Waals surface area (Å²) in [6.07, 6.45) is -10.4. The van der Waals surface area contributed by atoms with E-state index in [0.29, 0.717) is 12.8 Å². The first-order chi connectivity index (χ1) is 15.6. The first-order valence-corrected chi connectivity index (χ1v) is 10.8. The number of fused-ring (bicyclic) bond motifs is 1. The summed E-state index contributed by atoms with van der Waals surface area (Å²) in [5.74, 6) is -0.134. The van der Waals surface area contributed by atoms with Crippen molar-refractivity contribution in [3.63, 3.8) is 0 Å². The normalized spacial score (nSPS) is 19.7. The molecular weight excluding hydrogens is 470 g/mol. The zero-order valence-electron chi connectivity index (χ0n) is 19.2. The molecule has 190 valence electrons. The number of hydrogen-bond acceptors (Lipinski definition) is 4. The number of amides is 3. The molecule has 0 radical (unpaired) electrons. The van der Waals surface area contributed by atoms with Crippen LogP contribution < -0.4 is 4.74 Å². The van der Waals surface area contributed by atoms with Gasteiger partial charge in [-0.15, -0.1) is 0 Å². The SMILES string of the molecule is CCc1c(OCCCCN2C(=O)N(C)C(C)(C)C2=O)ccc2c1COC2(C(F)(F)F)C(F)(F)F. The molecule has 3 rings (SSSR count). The third kappa shape index (κ3) is 3.89. The molecule has 0 spiro atoms. The number of nitrogens with zero attached hydrogens (tertiary/aromatic N) is 2. The van der Waals surface area contributed by atoms with E-state index in [1.807, 2.05) is 0 Å². The van der Waals surface area contributed by atoms with Gasteiger partial charge in [-0.1, -0.05) is 13.0 Å². The molecule has 0 atom stereocenters. The molecule has 0 aromatic heterocycles. The number of rotatable bonds is 7. The molecule has 2 aliphatic heterocycles. The van der Waals surface area contributed by atoms with Crippen molar-refractivity contribution in [1.82, 2.24) is 9.80 Å². The van der Waals surface area contributed by atoms with Gasteiger partial charge in [0.05, 0.1) is 13.2 Å². The van der Waals surface area contributed by atoms with Crippen molar-refractivity contribution in [1.29, 1.82) is 0 Å². The molecule has 1 aromatic carbocycles. The van der Waals surface area contributed by atoms with E-state index in [0.717, 1.165) is 17.0 Å². The van der Waals surface area contributed by atoms with E-state index in [1.165, 1.54) is 4.90 Å². The van der Waals surface area contributed by atoms with Crippen LogP contribution in [0.4, 0.5) is 31.1 Å². The fraction of sp³-hybridized carbons (Fsp3) is 0.636. The van der Waals surface area contributed by atoms with Crippen molar-refractivity contribution in [3.05, 3.63) is 28.8 Å². The van der Waals surface area contributed by atoms with Gasteiger partial charge in [-0.2, -0.15) is 26.3 Å². The van der Waals surface area contributed by atoms with Crippen LogP contribution in [0.5, 0.6) is 5.75 Å². The first-order valence-electron chi connectivity index (χ1n) is 10.8. The van der Waals surface area contributed by atoms with Gasteiger partial charge in [0.15, 0.2) is 0 Å². The van der Waals surface area contributed by atoms with Gasteiger partial charge < -0.3 is 14.4 Å². The van der Waals surface area contributed by atoms with Gasteiger partial charge in [-0.05, 0) is 50.3 Å². The van der Waals surface area contributed by atoms with Gasteiger partial charge in [0.25, 0.3) is 11.5 Å². The van der Waals surface area contributed by atoms with E-state index in [1.54, 1.807) is 27.8 Å². The maximum absolute atomic E-state index is 13.5. The van der Waals surface area contributed by atoms with E-state index in [-0.39, 0.29) is 42.4 Å². The predicted molar refractivity (Wildman–Crippen MR) is 108 cm³/mol. The van der Waals surface area contributed by atoms with Crippen molar-refractivity contribution in [2.75, 3.05) is 20.2 Å². The number of alkyl halides is 6. The zero-order valence-corrected chi connectivity index (χ0v) is 19.2. The van der Waals surface area contributed by atoms with Gasteiger partial charge in [-0.25, -0.2) is 4.79 Å². The largest absolute Gasteiger partial charge is 0.493 e. The van der Waals surface area contributed by atoms with Gasteiger partial charge in [0.1, 0.15) is 11.3 Å². The van der Waals surface area contributed by atoms with Crippen molar-refractivity contribution >= 4 is 11.9 Å². The van der Waals surface area contributed by atoms with Gasteiger partial charge in [0, 0.05) is 19.2 Å². The lowest BCUT2D eigenvalue weighted by atomic mass is 9.88. The van der Waals surface area contributed by atoms with Crippen LogP contribution in [0.15, 0.2) is 12.1 Å². The summed E-state index contributed by atoms with van der Waals surface area (Å²) in [7, 11) is 1.54. The highest BCUT2D eigenvalue weighted by Crippen LogP contribution is 2.58. The molecule has 0 N–H and O–H groups in total. The fourth-order valence-electron chi connectivity index (χ4n) is 4.31. The summed E-state index contributed by atoms with van der Waals surface area (Å²) < 4.78 is 91.3. The average molecular weight is 496 g/mol. The molecule has 2 aliphatic rings. The predicted octanol–water partition coefficient (Wildman–Crippen LogP) is 4.93. The smallest absolute Gasteiger partial charge is 0.430 e. The second-order valence-corrected chi connectivity index (χ2v) is 8.80. The zero-order chi connectivity index (χ0) is 25.7. The monoisotopic (exact) mass is 496 g/mol. The Balaban J connectivity index is 1.69. The minimum Gasteiger partial charge on any atom is -0.493 e. The Hall–Kier alpha value is -2.50. The minimum absolute atomic E-state index is 0.103. The molecule has 6 nitrogen and oxygen atoms in total. The minimum atomic E-state index is -5.68. The molecule has 2 heterocycles. The van der Waals surface area contributed by atoms with Crippen molar-refractivity contribution in [2.24, 2.45) is 0 Å². The van der Waals surface area contributed by atoms with Crippen molar-refractivity contribution in [2.45, 2.75) is 70.1 Å². The Kier molecular flexibility index (Phi) is 6.62. The van der Waals surface area contributed by atoms with Crippen LogP contribution >= 0.6 is 0 Å². The number of unbranched alkanes of at least 4 members (excludes halogenated alkanes) is 1. The summed E-state index contributed by atoms with van der Waals surface area (Å²) in [4.78, 5) is 27.1. The average Bonchev–Trinajstić information content (AvgIpc) is 3.20.